The van der Waals surface area contributed by atoms with Crippen LogP contribution in [0.1, 0.15) is 43.2 Å². The fourth-order valence-electron chi connectivity index (χ4n) is 3.48. The van der Waals surface area contributed by atoms with Crippen LogP contribution in [0.5, 0.6) is 0 Å². The third kappa shape index (κ3) is 6.96. The standard InChI is InChI=1S/C21H34N4O2/c1-17-8-7-9-18(2)21(17)23-19(26)16-24-12-14-25(15-13-24)20(27)10-5-3-4-6-11-22/h7-9H,3-6,10-16,22H2,1-2H3,(H,23,26). The smallest absolute Gasteiger partial charge is 0.238 e. The molecule has 1 saturated heterocycles. The van der Waals surface area contributed by atoms with Gasteiger partial charge in [-0.1, -0.05) is 31.0 Å². The van der Waals surface area contributed by atoms with Gasteiger partial charge in [0.05, 0.1) is 6.54 Å². The van der Waals surface area contributed by atoms with Gasteiger partial charge < -0.3 is 16.0 Å². The molecule has 0 unspecified atom stereocenters. The first-order valence-corrected chi connectivity index (χ1v) is 10.1. The van der Waals surface area contributed by atoms with Gasteiger partial charge in [-0.3, -0.25) is 14.5 Å². The Bertz CT molecular complexity index is 604. The van der Waals surface area contributed by atoms with Crippen molar-refractivity contribution in [1.29, 1.82) is 0 Å². The van der Waals surface area contributed by atoms with Crippen molar-refractivity contribution in [3.63, 3.8) is 0 Å². The zero-order valence-electron chi connectivity index (χ0n) is 16.8. The van der Waals surface area contributed by atoms with Crippen LogP contribution < -0.4 is 11.1 Å². The molecule has 6 heteroatoms. The molecular weight excluding hydrogens is 340 g/mol. The summed E-state index contributed by atoms with van der Waals surface area (Å²) >= 11 is 0. The van der Waals surface area contributed by atoms with Crippen LogP contribution in [0, 0.1) is 13.8 Å². The molecule has 1 heterocycles. The Morgan fingerprint density at radius 2 is 1.63 bits per heavy atom. The average Bonchev–Trinajstić information content (AvgIpc) is 2.65. The molecular formula is C21H34N4O2. The number of hydrogen-bond acceptors (Lipinski definition) is 4. The molecule has 1 aromatic carbocycles. The minimum atomic E-state index is 0.00656. The Morgan fingerprint density at radius 3 is 2.26 bits per heavy atom. The first kappa shape index (κ1) is 21.4. The van der Waals surface area contributed by atoms with Gasteiger partial charge in [-0.15, -0.1) is 0 Å². The van der Waals surface area contributed by atoms with Crippen LogP contribution in [0.4, 0.5) is 5.69 Å². The third-order valence-corrected chi connectivity index (χ3v) is 5.18. The maximum Gasteiger partial charge on any atom is 0.238 e. The van der Waals surface area contributed by atoms with Gasteiger partial charge in [0.2, 0.25) is 11.8 Å². The molecule has 2 rings (SSSR count). The third-order valence-electron chi connectivity index (χ3n) is 5.18. The molecule has 0 atom stereocenters. The van der Waals surface area contributed by atoms with Crippen LogP contribution in [0.3, 0.4) is 0 Å². The lowest BCUT2D eigenvalue weighted by atomic mass is 10.1. The van der Waals surface area contributed by atoms with E-state index in [-0.39, 0.29) is 11.8 Å². The van der Waals surface area contributed by atoms with E-state index in [1.54, 1.807) is 0 Å². The van der Waals surface area contributed by atoms with E-state index in [0.29, 0.717) is 26.1 Å². The number of nitrogens with zero attached hydrogens (tertiary/aromatic N) is 2. The van der Waals surface area contributed by atoms with Crippen LogP contribution in [0.25, 0.3) is 0 Å². The number of benzene rings is 1. The summed E-state index contributed by atoms with van der Waals surface area (Å²) in [4.78, 5) is 28.7. The summed E-state index contributed by atoms with van der Waals surface area (Å²) in [5.41, 5.74) is 8.54. The highest BCUT2D eigenvalue weighted by Crippen LogP contribution is 2.19. The van der Waals surface area contributed by atoms with E-state index in [9.17, 15) is 9.59 Å². The summed E-state index contributed by atoms with van der Waals surface area (Å²) in [6, 6.07) is 6.00. The number of amides is 2. The summed E-state index contributed by atoms with van der Waals surface area (Å²) in [6.07, 6.45) is 4.78. The minimum absolute atomic E-state index is 0.00656. The summed E-state index contributed by atoms with van der Waals surface area (Å²) in [6.45, 7) is 8.02. The first-order chi connectivity index (χ1) is 13.0. The predicted octanol–water partition coefficient (Wildman–Crippen LogP) is 2.30. The number of nitrogens with one attached hydrogen (secondary N) is 1. The van der Waals surface area contributed by atoms with Crippen molar-refractivity contribution in [2.75, 3.05) is 44.6 Å². The predicted molar refractivity (Wildman–Crippen MR) is 110 cm³/mol. The molecule has 3 N–H and O–H groups in total. The molecule has 0 saturated carbocycles. The highest BCUT2D eigenvalue weighted by Gasteiger charge is 2.22. The van der Waals surface area contributed by atoms with Gasteiger partial charge in [0.15, 0.2) is 0 Å². The summed E-state index contributed by atoms with van der Waals surface area (Å²) in [5.74, 6) is 0.245. The lowest BCUT2D eigenvalue weighted by Crippen LogP contribution is -2.50. The van der Waals surface area contributed by atoms with E-state index in [1.165, 1.54) is 0 Å². The lowest BCUT2D eigenvalue weighted by Gasteiger charge is -2.34. The molecule has 0 bridgehead atoms. The Hall–Kier alpha value is -1.92. The second kappa shape index (κ2) is 11.0. The molecule has 27 heavy (non-hydrogen) atoms. The molecule has 0 radical (unpaired) electrons. The molecule has 1 aliphatic heterocycles. The maximum atomic E-state index is 12.4. The van der Waals surface area contributed by atoms with Crippen LogP contribution in [0.15, 0.2) is 18.2 Å². The number of hydrogen-bond donors (Lipinski definition) is 2. The van der Waals surface area contributed by atoms with Gasteiger partial charge in [-0.25, -0.2) is 0 Å². The number of anilines is 1. The SMILES string of the molecule is Cc1cccc(C)c1NC(=O)CN1CCN(C(=O)CCCCCCN)CC1. The fraction of sp³-hybridized carbons (Fsp3) is 0.619. The Balaban J connectivity index is 1.69. The molecule has 0 aromatic heterocycles. The summed E-state index contributed by atoms with van der Waals surface area (Å²) in [5, 5.41) is 3.03. The second-order valence-corrected chi connectivity index (χ2v) is 7.42. The number of nitrogens with two attached hydrogens (primary N) is 1. The second-order valence-electron chi connectivity index (χ2n) is 7.42. The normalized spacial score (nSPS) is 15.0. The number of rotatable bonds is 9. The number of carbonyl (C=O) groups excluding carboxylic acids is 2. The summed E-state index contributed by atoms with van der Waals surface area (Å²) in [7, 11) is 0. The van der Waals surface area contributed by atoms with Gasteiger partial charge in [-0.05, 0) is 44.4 Å². The van der Waals surface area contributed by atoms with E-state index in [0.717, 1.165) is 62.1 Å². The van der Waals surface area contributed by atoms with Crippen molar-refractivity contribution in [3.8, 4) is 0 Å². The van der Waals surface area contributed by atoms with E-state index >= 15 is 0 Å². The van der Waals surface area contributed by atoms with Gasteiger partial charge in [0.25, 0.3) is 0 Å². The van der Waals surface area contributed by atoms with Crippen LogP contribution in [-0.4, -0.2) is 60.9 Å². The van der Waals surface area contributed by atoms with Crippen molar-refractivity contribution in [1.82, 2.24) is 9.80 Å². The highest BCUT2D eigenvalue weighted by molar-refractivity contribution is 5.93. The van der Waals surface area contributed by atoms with Crippen LogP contribution in [0.2, 0.25) is 0 Å². The fourth-order valence-corrected chi connectivity index (χ4v) is 3.48. The molecule has 1 aromatic rings. The molecule has 0 spiro atoms. The Kier molecular flexibility index (Phi) is 8.75. The van der Waals surface area contributed by atoms with Gasteiger partial charge in [0.1, 0.15) is 0 Å². The van der Waals surface area contributed by atoms with E-state index in [2.05, 4.69) is 10.2 Å². The van der Waals surface area contributed by atoms with Gasteiger partial charge >= 0.3 is 0 Å². The maximum absolute atomic E-state index is 12.4. The Morgan fingerprint density at radius 1 is 1.00 bits per heavy atom. The van der Waals surface area contributed by atoms with Gasteiger partial charge in [-0.2, -0.15) is 0 Å². The number of carbonyl (C=O) groups is 2. The van der Waals surface area contributed by atoms with Crippen molar-refractivity contribution in [2.45, 2.75) is 46.0 Å². The summed E-state index contributed by atoms with van der Waals surface area (Å²) < 4.78 is 0. The molecule has 6 nitrogen and oxygen atoms in total. The molecule has 0 aliphatic carbocycles. The van der Waals surface area contributed by atoms with Crippen molar-refractivity contribution in [2.24, 2.45) is 5.73 Å². The molecule has 1 aliphatic rings. The van der Waals surface area contributed by atoms with E-state index in [4.69, 9.17) is 5.73 Å². The topological polar surface area (TPSA) is 78.7 Å². The quantitative estimate of drug-likeness (QED) is 0.650. The highest BCUT2D eigenvalue weighted by atomic mass is 16.2. The van der Waals surface area contributed by atoms with Crippen molar-refractivity contribution >= 4 is 17.5 Å². The zero-order chi connectivity index (χ0) is 19.6. The first-order valence-electron chi connectivity index (χ1n) is 10.1. The molecule has 2 amide bonds. The van der Waals surface area contributed by atoms with Crippen molar-refractivity contribution < 1.29 is 9.59 Å². The molecule has 150 valence electrons. The largest absolute Gasteiger partial charge is 0.340 e. The Labute approximate surface area is 163 Å². The van der Waals surface area contributed by atoms with Crippen molar-refractivity contribution in [3.05, 3.63) is 29.3 Å². The van der Waals surface area contributed by atoms with E-state index in [1.807, 2.05) is 36.9 Å². The van der Waals surface area contributed by atoms with Crippen LogP contribution >= 0.6 is 0 Å². The van der Waals surface area contributed by atoms with E-state index < -0.39 is 0 Å². The van der Waals surface area contributed by atoms with Crippen LogP contribution in [-0.2, 0) is 9.59 Å². The number of para-hydroxylation sites is 1. The monoisotopic (exact) mass is 374 g/mol. The molecule has 1 fully saturated rings. The average molecular weight is 375 g/mol. The lowest BCUT2D eigenvalue weighted by molar-refractivity contribution is -0.133. The van der Waals surface area contributed by atoms with Gasteiger partial charge in [0, 0.05) is 38.3 Å². The number of unbranched alkanes of at least 4 members (excludes halogenated alkanes) is 3. The minimum Gasteiger partial charge on any atom is -0.340 e. The number of piperazine rings is 1. The number of aryl methyl sites for hydroxylation is 2. The zero-order valence-corrected chi connectivity index (χ0v) is 16.8.